The van der Waals surface area contributed by atoms with E-state index in [2.05, 4.69) is 24.0 Å². The van der Waals surface area contributed by atoms with Gasteiger partial charge in [-0.3, -0.25) is 4.90 Å². The highest BCUT2D eigenvalue weighted by molar-refractivity contribution is 6.30. The number of rotatable bonds is 5. The summed E-state index contributed by atoms with van der Waals surface area (Å²) in [6, 6.07) is 15.1. The van der Waals surface area contributed by atoms with Gasteiger partial charge in [-0.15, -0.1) is 0 Å². The van der Waals surface area contributed by atoms with Crippen LogP contribution in [0.2, 0.25) is 5.02 Å². The molecule has 0 amide bonds. The SMILES string of the molecule is CC(C(O)c1ccc(O)cc1)N1CCC(Cc2cccc(Cl)c2)CC1. The van der Waals surface area contributed by atoms with Gasteiger partial charge in [-0.2, -0.15) is 0 Å². The first kappa shape index (κ1) is 18.2. The Balaban J connectivity index is 1.53. The lowest BCUT2D eigenvalue weighted by atomic mass is 9.89. The number of hydrogen-bond acceptors (Lipinski definition) is 3. The third-order valence-electron chi connectivity index (χ3n) is 5.33. The molecule has 0 spiro atoms. The third-order valence-corrected chi connectivity index (χ3v) is 5.57. The molecule has 0 saturated carbocycles. The molecule has 2 aromatic carbocycles. The molecule has 3 nitrogen and oxygen atoms in total. The van der Waals surface area contributed by atoms with E-state index in [0.29, 0.717) is 5.92 Å². The molecule has 1 saturated heterocycles. The highest BCUT2D eigenvalue weighted by atomic mass is 35.5. The fourth-order valence-electron chi connectivity index (χ4n) is 3.71. The van der Waals surface area contributed by atoms with E-state index < -0.39 is 6.10 Å². The molecule has 0 aliphatic carbocycles. The molecule has 25 heavy (non-hydrogen) atoms. The topological polar surface area (TPSA) is 43.7 Å². The minimum absolute atomic E-state index is 0.0664. The summed E-state index contributed by atoms with van der Waals surface area (Å²) in [4.78, 5) is 2.37. The third kappa shape index (κ3) is 4.75. The summed E-state index contributed by atoms with van der Waals surface area (Å²) in [6.45, 7) is 4.08. The maximum atomic E-state index is 10.6. The van der Waals surface area contributed by atoms with Crippen molar-refractivity contribution in [1.82, 2.24) is 4.90 Å². The summed E-state index contributed by atoms with van der Waals surface area (Å²) in [7, 11) is 0. The minimum atomic E-state index is -0.537. The lowest BCUT2D eigenvalue weighted by Gasteiger charge is -2.38. The van der Waals surface area contributed by atoms with Crippen LogP contribution in [0.25, 0.3) is 0 Å². The van der Waals surface area contributed by atoms with Crippen molar-refractivity contribution < 1.29 is 10.2 Å². The number of likely N-dealkylation sites (tertiary alicyclic amines) is 1. The molecular formula is C21H26ClNO2. The van der Waals surface area contributed by atoms with Crippen LogP contribution in [-0.4, -0.2) is 34.2 Å². The molecule has 1 heterocycles. The first-order chi connectivity index (χ1) is 12.0. The van der Waals surface area contributed by atoms with Gasteiger partial charge in [0.25, 0.3) is 0 Å². The summed E-state index contributed by atoms with van der Waals surface area (Å²) in [5.41, 5.74) is 2.16. The molecule has 4 heteroatoms. The predicted octanol–water partition coefficient (Wildman–Crippen LogP) is 4.42. The second-order valence-corrected chi connectivity index (χ2v) is 7.53. The molecule has 1 aliphatic rings. The van der Waals surface area contributed by atoms with Crippen molar-refractivity contribution in [3.63, 3.8) is 0 Å². The number of aliphatic hydroxyl groups excluding tert-OH is 1. The standard InChI is InChI=1S/C21H26ClNO2/c1-15(21(25)18-5-7-20(24)8-6-18)23-11-9-16(10-12-23)13-17-3-2-4-19(22)14-17/h2-8,14-16,21,24-25H,9-13H2,1H3. The minimum Gasteiger partial charge on any atom is -0.508 e. The van der Waals surface area contributed by atoms with Crippen molar-refractivity contribution in [2.75, 3.05) is 13.1 Å². The van der Waals surface area contributed by atoms with E-state index in [1.165, 1.54) is 5.56 Å². The van der Waals surface area contributed by atoms with Crippen molar-refractivity contribution in [1.29, 1.82) is 0 Å². The van der Waals surface area contributed by atoms with Crippen LogP contribution in [0.5, 0.6) is 5.75 Å². The fourth-order valence-corrected chi connectivity index (χ4v) is 3.92. The van der Waals surface area contributed by atoms with E-state index in [-0.39, 0.29) is 11.8 Å². The molecule has 2 N–H and O–H groups in total. The smallest absolute Gasteiger partial charge is 0.115 e. The first-order valence-electron chi connectivity index (χ1n) is 8.98. The number of phenolic OH excluding ortho intramolecular Hbond substituents is 1. The Morgan fingerprint density at radius 3 is 2.44 bits per heavy atom. The van der Waals surface area contributed by atoms with Crippen molar-refractivity contribution in [3.8, 4) is 5.75 Å². The number of piperidine rings is 1. The van der Waals surface area contributed by atoms with E-state index in [0.717, 1.165) is 42.9 Å². The summed E-state index contributed by atoms with van der Waals surface area (Å²) in [6.07, 6.45) is 2.81. The van der Waals surface area contributed by atoms with E-state index >= 15 is 0 Å². The Labute approximate surface area is 154 Å². The largest absolute Gasteiger partial charge is 0.508 e. The van der Waals surface area contributed by atoms with Gasteiger partial charge in [0.2, 0.25) is 0 Å². The van der Waals surface area contributed by atoms with E-state index in [1.54, 1.807) is 24.3 Å². The molecule has 2 aromatic rings. The maximum absolute atomic E-state index is 10.6. The first-order valence-corrected chi connectivity index (χ1v) is 9.36. The lowest BCUT2D eigenvalue weighted by molar-refractivity contribution is 0.0373. The van der Waals surface area contributed by atoms with Gasteiger partial charge in [-0.1, -0.05) is 35.9 Å². The highest BCUT2D eigenvalue weighted by Gasteiger charge is 2.27. The van der Waals surface area contributed by atoms with Crippen molar-refractivity contribution in [2.45, 2.75) is 38.3 Å². The molecular weight excluding hydrogens is 334 g/mol. The number of nitrogens with zero attached hydrogens (tertiary/aromatic N) is 1. The Hall–Kier alpha value is -1.55. The van der Waals surface area contributed by atoms with Crippen LogP contribution in [0.4, 0.5) is 0 Å². The van der Waals surface area contributed by atoms with Crippen LogP contribution < -0.4 is 0 Å². The van der Waals surface area contributed by atoms with Crippen molar-refractivity contribution >= 4 is 11.6 Å². The zero-order valence-electron chi connectivity index (χ0n) is 14.6. The van der Waals surface area contributed by atoms with E-state index in [9.17, 15) is 10.2 Å². The van der Waals surface area contributed by atoms with Gasteiger partial charge in [0.1, 0.15) is 5.75 Å². The molecule has 1 aliphatic heterocycles. The van der Waals surface area contributed by atoms with Crippen molar-refractivity contribution in [2.24, 2.45) is 5.92 Å². The number of phenols is 1. The quantitative estimate of drug-likeness (QED) is 0.830. The van der Waals surface area contributed by atoms with E-state index in [4.69, 9.17) is 11.6 Å². The molecule has 134 valence electrons. The Kier molecular flexibility index (Phi) is 6.00. The molecule has 0 aromatic heterocycles. The number of halogens is 1. The zero-order chi connectivity index (χ0) is 17.8. The molecule has 1 fully saturated rings. The summed E-state index contributed by atoms with van der Waals surface area (Å²) < 4.78 is 0. The second kappa shape index (κ2) is 8.22. The monoisotopic (exact) mass is 359 g/mol. The average molecular weight is 360 g/mol. The normalized spacial score (nSPS) is 18.8. The Morgan fingerprint density at radius 2 is 1.80 bits per heavy atom. The van der Waals surface area contributed by atoms with E-state index in [1.807, 2.05) is 12.1 Å². The molecule has 0 bridgehead atoms. The second-order valence-electron chi connectivity index (χ2n) is 7.09. The average Bonchev–Trinajstić information content (AvgIpc) is 2.62. The van der Waals surface area contributed by atoms with Gasteiger partial charge < -0.3 is 10.2 Å². The Bertz CT molecular complexity index is 681. The lowest BCUT2D eigenvalue weighted by Crippen LogP contribution is -2.43. The van der Waals surface area contributed by atoms with Crippen LogP contribution in [0.3, 0.4) is 0 Å². The van der Waals surface area contributed by atoms with Gasteiger partial charge in [-0.25, -0.2) is 0 Å². The number of benzene rings is 2. The molecule has 2 atom stereocenters. The van der Waals surface area contributed by atoms with Gasteiger partial charge in [0.15, 0.2) is 0 Å². The zero-order valence-corrected chi connectivity index (χ0v) is 15.4. The number of aromatic hydroxyl groups is 1. The van der Waals surface area contributed by atoms with Gasteiger partial charge in [0, 0.05) is 11.1 Å². The summed E-state index contributed by atoms with van der Waals surface area (Å²) >= 11 is 6.08. The Morgan fingerprint density at radius 1 is 1.12 bits per heavy atom. The summed E-state index contributed by atoms with van der Waals surface area (Å²) in [5, 5.41) is 20.8. The van der Waals surface area contributed by atoms with Crippen molar-refractivity contribution in [3.05, 3.63) is 64.7 Å². The number of aliphatic hydroxyl groups is 1. The summed E-state index contributed by atoms with van der Waals surface area (Å²) in [5.74, 6) is 0.901. The van der Waals surface area contributed by atoms with Gasteiger partial charge >= 0.3 is 0 Å². The van der Waals surface area contributed by atoms with Crippen LogP contribution in [0.15, 0.2) is 48.5 Å². The predicted molar refractivity (Wildman–Crippen MR) is 102 cm³/mol. The maximum Gasteiger partial charge on any atom is 0.115 e. The van der Waals surface area contributed by atoms with Crippen LogP contribution >= 0.6 is 11.6 Å². The van der Waals surface area contributed by atoms with Gasteiger partial charge in [0.05, 0.1) is 6.10 Å². The fraction of sp³-hybridized carbons (Fsp3) is 0.429. The number of hydrogen-bond donors (Lipinski definition) is 2. The molecule has 3 rings (SSSR count). The van der Waals surface area contributed by atoms with Crippen LogP contribution in [0, 0.1) is 5.92 Å². The highest BCUT2D eigenvalue weighted by Crippen LogP contribution is 2.28. The van der Waals surface area contributed by atoms with Crippen LogP contribution in [-0.2, 0) is 6.42 Å². The molecule has 2 unspecified atom stereocenters. The van der Waals surface area contributed by atoms with Gasteiger partial charge in [-0.05, 0) is 80.6 Å². The van der Waals surface area contributed by atoms with Crippen LogP contribution in [0.1, 0.15) is 37.0 Å². The molecule has 0 radical (unpaired) electrons.